The van der Waals surface area contributed by atoms with Crippen molar-refractivity contribution in [2.24, 2.45) is 0 Å². The van der Waals surface area contributed by atoms with Gasteiger partial charge in [-0.2, -0.15) is 5.26 Å². The maximum atomic E-state index is 11.3. The molecule has 0 aliphatic rings. The molecule has 0 aromatic heterocycles. The average Bonchev–Trinajstić information content (AvgIpc) is 2.52. The molecule has 2 rings (SSSR count). The van der Waals surface area contributed by atoms with E-state index in [1.54, 1.807) is 36.4 Å². The zero-order chi connectivity index (χ0) is 15.2. The van der Waals surface area contributed by atoms with Gasteiger partial charge in [0.2, 0.25) is 0 Å². The van der Waals surface area contributed by atoms with E-state index in [2.05, 4.69) is 6.07 Å². The minimum absolute atomic E-state index is 0.00309. The van der Waals surface area contributed by atoms with Crippen molar-refractivity contribution in [2.75, 3.05) is 7.11 Å². The van der Waals surface area contributed by atoms with Gasteiger partial charge in [0.25, 0.3) is 0 Å². The van der Waals surface area contributed by atoms with Gasteiger partial charge in [0.15, 0.2) is 5.78 Å². The lowest BCUT2D eigenvalue weighted by atomic mass is 10.1. The molecule has 0 atom stereocenters. The van der Waals surface area contributed by atoms with Crippen molar-refractivity contribution in [3.05, 3.63) is 59.2 Å². The highest BCUT2D eigenvalue weighted by molar-refractivity contribution is 5.94. The van der Waals surface area contributed by atoms with Gasteiger partial charge in [-0.1, -0.05) is 18.2 Å². The highest BCUT2D eigenvalue weighted by atomic mass is 16.5. The smallest absolute Gasteiger partial charge is 0.159 e. The van der Waals surface area contributed by atoms with Gasteiger partial charge in [-0.05, 0) is 36.8 Å². The van der Waals surface area contributed by atoms with E-state index >= 15 is 0 Å². The van der Waals surface area contributed by atoms with Crippen LogP contribution in [-0.4, -0.2) is 12.9 Å². The molecule has 0 bridgehead atoms. The van der Waals surface area contributed by atoms with Crippen LogP contribution in [0.15, 0.2) is 42.5 Å². The maximum Gasteiger partial charge on any atom is 0.159 e. The summed E-state index contributed by atoms with van der Waals surface area (Å²) < 4.78 is 10.7. The summed E-state index contributed by atoms with van der Waals surface area (Å²) in [5.74, 6) is 1.16. The fraction of sp³-hybridized carbons (Fsp3) is 0.176. The number of ketones is 1. The standard InChI is InChI=1S/C17H15NO3/c1-12(19)14-4-3-5-16(9-14)21-11-13-6-7-17(20-2)15(8-13)10-18/h3-9H,11H2,1-2H3. The largest absolute Gasteiger partial charge is 0.495 e. The lowest BCUT2D eigenvalue weighted by Gasteiger charge is -2.09. The number of carbonyl (C=O) groups is 1. The van der Waals surface area contributed by atoms with Crippen molar-refractivity contribution in [3.8, 4) is 17.6 Å². The zero-order valence-electron chi connectivity index (χ0n) is 11.9. The quantitative estimate of drug-likeness (QED) is 0.788. The molecule has 0 spiro atoms. The molecule has 0 N–H and O–H groups in total. The van der Waals surface area contributed by atoms with Crippen molar-refractivity contribution in [1.82, 2.24) is 0 Å². The lowest BCUT2D eigenvalue weighted by molar-refractivity contribution is 0.101. The molecule has 2 aromatic carbocycles. The molecule has 4 nitrogen and oxygen atoms in total. The molecule has 0 saturated carbocycles. The molecule has 0 aliphatic heterocycles. The molecular weight excluding hydrogens is 266 g/mol. The Balaban J connectivity index is 2.11. The van der Waals surface area contributed by atoms with Crippen LogP contribution in [0.4, 0.5) is 0 Å². The van der Waals surface area contributed by atoms with Crippen LogP contribution in [-0.2, 0) is 6.61 Å². The van der Waals surface area contributed by atoms with Crippen LogP contribution in [0.2, 0.25) is 0 Å². The molecule has 2 aromatic rings. The van der Waals surface area contributed by atoms with Gasteiger partial charge >= 0.3 is 0 Å². The third-order valence-corrected chi connectivity index (χ3v) is 3.03. The second-order valence-corrected chi connectivity index (χ2v) is 4.52. The van der Waals surface area contributed by atoms with Crippen LogP contribution in [0.25, 0.3) is 0 Å². The van der Waals surface area contributed by atoms with E-state index in [1.807, 2.05) is 6.07 Å². The molecule has 0 saturated heterocycles. The zero-order valence-corrected chi connectivity index (χ0v) is 11.9. The molecule has 106 valence electrons. The number of nitrogens with zero attached hydrogens (tertiary/aromatic N) is 1. The molecule has 0 amide bonds. The van der Waals surface area contributed by atoms with Crippen molar-refractivity contribution < 1.29 is 14.3 Å². The maximum absolute atomic E-state index is 11.3. The van der Waals surface area contributed by atoms with Crippen molar-refractivity contribution in [3.63, 3.8) is 0 Å². The molecule has 4 heteroatoms. The van der Waals surface area contributed by atoms with E-state index in [1.165, 1.54) is 14.0 Å². The number of hydrogen-bond acceptors (Lipinski definition) is 4. The van der Waals surface area contributed by atoms with Gasteiger partial charge in [-0.25, -0.2) is 0 Å². The molecule has 0 aliphatic carbocycles. The van der Waals surface area contributed by atoms with Crippen LogP contribution in [0.1, 0.15) is 28.4 Å². The molecule has 0 heterocycles. The van der Waals surface area contributed by atoms with E-state index in [0.717, 1.165) is 5.56 Å². The number of Topliss-reactive ketones (excluding diaryl/α,β-unsaturated/α-hetero) is 1. The molecule has 21 heavy (non-hydrogen) atoms. The van der Waals surface area contributed by atoms with E-state index < -0.39 is 0 Å². The SMILES string of the molecule is COc1ccc(COc2cccc(C(C)=O)c2)cc1C#N. The molecule has 0 fully saturated rings. The van der Waals surface area contributed by atoms with E-state index in [0.29, 0.717) is 29.2 Å². The van der Waals surface area contributed by atoms with Crippen LogP contribution in [0, 0.1) is 11.3 Å². The van der Waals surface area contributed by atoms with Gasteiger partial charge < -0.3 is 9.47 Å². The van der Waals surface area contributed by atoms with Crippen LogP contribution in [0.5, 0.6) is 11.5 Å². The van der Waals surface area contributed by atoms with E-state index in [4.69, 9.17) is 14.7 Å². The second kappa shape index (κ2) is 6.58. The monoisotopic (exact) mass is 281 g/mol. The van der Waals surface area contributed by atoms with Crippen molar-refractivity contribution in [1.29, 1.82) is 5.26 Å². The Bertz CT molecular complexity index is 701. The minimum Gasteiger partial charge on any atom is -0.495 e. The van der Waals surface area contributed by atoms with Gasteiger partial charge in [-0.15, -0.1) is 0 Å². The summed E-state index contributed by atoms with van der Waals surface area (Å²) in [5.41, 5.74) is 1.94. The summed E-state index contributed by atoms with van der Waals surface area (Å²) in [4.78, 5) is 11.3. The number of ether oxygens (including phenoxy) is 2. The summed E-state index contributed by atoms with van der Waals surface area (Å²) in [6.45, 7) is 1.84. The predicted molar refractivity (Wildman–Crippen MR) is 78.5 cm³/mol. The summed E-state index contributed by atoms with van der Waals surface area (Å²) in [7, 11) is 1.53. The first-order valence-electron chi connectivity index (χ1n) is 6.45. The first kappa shape index (κ1) is 14.6. The number of methoxy groups -OCH3 is 1. The Kier molecular flexibility index (Phi) is 4.57. The van der Waals surface area contributed by atoms with E-state index in [9.17, 15) is 4.79 Å². The topological polar surface area (TPSA) is 59.3 Å². The minimum atomic E-state index is -0.00309. The number of nitriles is 1. The van der Waals surface area contributed by atoms with Gasteiger partial charge in [0.1, 0.15) is 24.2 Å². The molecule has 0 unspecified atom stereocenters. The van der Waals surface area contributed by atoms with Crippen LogP contribution in [0.3, 0.4) is 0 Å². The molecule has 0 radical (unpaired) electrons. The summed E-state index contributed by atoms with van der Waals surface area (Å²) in [6.07, 6.45) is 0. The summed E-state index contributed by atoms with van der Waals surface area (Å²) in [5, 5.41) is 9.05. The predicted octanol–water partition coefficient (Wildman–Crippen LogP) is 3.35. The number of benzene rings is 2. The van der Waals surface area contributed by atoms with Crippen LogP contribution < -0.4 is 9.47 Å². The first-order valence-corrected chi connectivity index (χ1v) is 6.45. The van der Waals surface area contributed by atoms with Gasteiger partial charge in [0.05, 0.1) is 12.7 Å². The Morgan fingerprint density at radius 2 is 2.05 bits per heavy atom. The summed E-state index contributed by atoms with van der Waals surface area (Å²) in [6, 6.07) is 14.4. The Hall–Kier alpha value is -2.80. The third-order valence-electron chi connectivity index (χ3n) is 3.03. The Morgan fingerprint density at radius 3 is 2.71 bits per heavy atom. The van der Waals surface area contributed by atoms with E-state index in [-0.39, 0.29) is 5.78 Å². The lowest BCUT2D eigenvalue weighted by Crippen LogP contribution is -1.99. The number of hydrogen-bond donors (Lipinski definition) is 0. The van der Waals surface area contributed by atoms with Crippen molar-refractivity contribution >= 4 is 5.78 Å². The Morgan fingerprint density at radius 1 is 1.24 bits per heavy atom. The fourth-order valence-electron chi connectivity index (χ4n) is 1.90. The van der Waals surface area contributed by atoms with Gasteiger partial charge in [0, 0.05) is 5.56 Å². The van der Waals surface area contributed by atoms with Crippen molar-refractivity contribution in [2.45, 2.75) is 13.5 Å². The number of carbonyl (C=O) groups excluding carboxylic acids is 1. The normalized spacial score (nSPS) is 9.76. The Labute approximate surface area is 123 Å². The summed E-state index contributed by atoms with van der Waals surface area (Å²) >= 11 is 0. The fourth-order valence-corrected chi connectivity index (χ4v) is 1.90. The average molecular weight is 281 g/mol. The highest BCUT2D eigenvalue weighted by Gasteiger charge is 2.05. The van der Waals surface area contributed by atoms with Crippen LogP contribution >= 0.6 is 0 Å². The first-order chi connectivity index (χ1) is 10.1. The second-order valence-electron chi connectivity index (χ2n) is 4.52. The van der Waals surface area contributed by atoms with Gasteiger partial charge in [-0.3, -0.25) is 4.79 Å². The number of rotatable bonds is 5. The highest BCUT2D eigenvalue weighted by Crippen LogP contribution is 2.20. The third kappa shape index (κ3) is 3.61. The molecular formula is C17H15NO3.